The van der Waals surface area contributed by atoms with Gasteiger partial charge in [0.15, 0.2) is 0 Å². The molecule has 0 saturated heterocycles. The van der Waals surface area contributed by atoms with Gasteiger partial charge in [-0.05, 0) is 0 Å². The van der Waals surface area contributed by atoms with E-state index in [1.54, 1.807) is 14.1 Å². The Morgan fingerprint density at radius 2 is 0.667 bits per heavy atom. The van der Waals surface area contributed by atoms with Crippen molar-refractivity contribution < 1.29 is 0 Å². The number of rotatable bonds is 12. The van der Waals surface area contributed by atoms with E-state index in [9.17, 15) is 0 Å². The summed E-state index contributed by atoms with van der Waals surface area (Å²) in [4.78, 5) is 36.6. The lowest BCUT2D eigenvalue weighted by molar-refractivity contribution is 0.953. The molecule has 18 nitrogen and oxygen atoms in total. The van der Waals surface area contributed by atoms with Crippen LogP contribution < -0.4 is 49.1 Å². The molecule has 0 bridgehead atoms. The average Bonchev–Trinajstić information content (AvgIpc) is 2.78. The van der Waals surface area contributed by atoms with Gasteiger partial charge in [0.1, 0.15) is 0 Å². The molecule has 0 aliphatic rings. The van der Waals surface area contributed by atoms with Crippen molar-refractivity contribution in [3.63, 3.8) is 0 Å². The van der Waals surface area contributed by atoms with Gasteiger partial charge in [0.25, 0.3) is 0 Å². The third-order valence-corrected chi connectivity index (χ3v) is 3.79. The van der Waals surface area contributed by atoms with E-state index in [2.05, 4.69) is 76.8 Å². The highest BCUT2D eigenvalue weighted by molar-refractivity contribution is 5.42. The maximum absolute atomic E-state index is 5.78. The fourth-order valence-electron chi connectivity index (χ4n) is 2.41. The smallest absolute Gasteiger partial charge is 0.229 e. The minimum Gasteiger partial charge on any atom is -0.368 e. The van der Waals surface area contributed by atoms with Crippen LogP contribution in [0, 0.1) is 0 Å². The van der Waals surface area contributed by atoms with Gasteiger partial charge in [0.05, 0.1) is 0 Å². The third kappa shape index (κ3) is 7.15. The summed E-state index contributed by atoms with van der Waals surface area (Å²) in [5, 5.41) is 17.8. The quantitative estimate of drug-likeness (QED) is 0.134. The highest BCUT2D eigenvalue weighted by Crippen LogP contribution is 2.08. The third-order valence-electron chi connectivity index (χ3n) is 3.79. The van der Waals surface area contributed by atoms with Gasteiger partial charge in [0, 0.05) is 40.3 Å². The second-order valence-corrected chi connectivity index (χ2v) is 6.23. The summed E-state index contributed by atoms with van der Waals surface area (Å²) >= 11 is 0. The van der Waals surface area contributed by atoms with Gasteiger partial charge in [-0.3, -0.25) is 0 Å². The number of nitrogens with two attached hydrogens (primary N) is 3. The zero-order valence-corrected chi connectivity index (χ0v) is 18.1. The fraction of sp³-hybridized carbons (Fsp3) is 0.400. The number of nitrogens with one attached hydrogen (secondary N) is 6. The zero-order chi connectivity index (χ0) is 23.6. The number of anilines is 9. The lowest BCUT2D eigenvalue weighted by Crippen LogP contribution is -2.20. The molecular formula is C15H26N18. The van der Waals surface area contributed by atoms with E-state index in [4.69, 9.17) is 17.2 Å². The molecule has 0 radical (unpaired) electrons. The number of hydrogen-bond donors (Lipinski definition) is 9. The molecule has 0 amide bonds. The molecule has 3 rings (SSSR count). The highest BCUT2D eigenvalue weighted by Gasteiger charge is 2.06. The van der Waals surface area contributed by atoms with E-state index >= 15 is 0 Å². The standard InChI is InChI=1S/C15H26N18/c1-19-10-25-7(16)27-12(31-10)21-3-5-23-14-29-9(18)30-15(33-14)24-6-4-22-13-28-8(17)26-11(20-2)32-13/h3-6H2,1-2H3,(H4,16,19,21,25,27,31)(H4,17,20,22,26,28,32)(H4,18,23,24,29,30,33). The monoisotopic (exact) mass is 458 g/mol. The number of nitrogens with zero attached hydrogens (tertiary/aromatic N) is 9. The van der Waals surface area contributed by atoms with Gasteiger partial charge in [0.2, 0.25) is 53.5 Å². The van der Waals surface area contributed by atoms with Gasteiger partial charge in [-0.1, -0.05) is 0 Å². The van der Waals surface area contributed by atoms with Gasteiger partial charge < -0.3 is 49.1 Å². The summed E-state index contributed by atoms with van der Waals surface area (Å²) in [5.41, 5.74) is 17.1. The molecule has 0 unspecified atom stereocenters. The fourth-order valence-corrected chi connectivity index (χ4v) is 2.41. The molecule has 3 aromatic rings. The molecular weight excluding hydrogens is 432 g/mol. The first-order chi connectivity index (χ1) is 15.9. The van der Waals surface area contributed by atoms with Gasteiger partial charge in [-0.25, -0.2) is 0 Å². The average molecular weight is 458 g/mol. The van der Waals surface area contributed by atoms with Crippen LogP contribution in [0.25, 0.3) is 0 Å². The minimum atomic E-state index is 0.0729. The topological polar surface area (TPSA) is 266 Å². The summed E-state index contributed by atoms with van der Waals surface area (Å²) in [7, 11) is 3.38. The van der Waals surface area contributed by atoms with E-state index in [0.29, 0.717) is 61.9 Å². The number of hydrogen-bond acceptors (Lipinski definition) is 18. The van der Waals surface area contributed by atoms with Crippen LogP contribution in [0.1, 0.15) is 0 Å². The summed E-state index contributed by atoms with van der Waals surface area (Å²) in [6.45, 7) is 1.85. The van der Waals surface area contributed by atoms with Crippen LogP contribution in [0.15, 0.2) is 0 Å². The van der Waals surface area contributed by atoms with Crippen molar-refractivity contribution in [1.29, 1.82) is 0 Å². The van der Waals surface area contributed by atoms with E-state index in [0.717, 1.165) is 0 Å². The number of aromatic nitrogens is 9. The zero-order valence-electron chi connectivity index (χ0n) is 18.1. The molecule has 0 fully saturated rings. The molecule has 0 atom stereocenters. The minimum absolute atomic E-state index is 0.0729. The van der Waals surface area contributed by atoms with Gasteiger partial charge in [-0.2, -0.15) is 44.9 Å². The van der Waals surface area contributed by atoms with Crippen LogP contribution in [-0.2, 0) is 0 Å². The highest BCUT2D eigenvalue weighted by atomic mass is 15.3. The molecule has 33 heavy (non-hydrogen) atoms. The molecule has 0 aromatic carbocycles. The van der Waals surface area contributed by atoms with E-state index in [-0.39, 0.29) is 17.8 Å². The Balaban J connectivity index is 1.45. The van der Waals surface area contributed by atoms with Gasteiger partial charge in [-0.15, -0.1) is 0 Å². The van der Waals surface area contributed by atoms with Crippen LogP contribution in [0.5, 0.6) is 0 Å². The van der Waals surface area contributed by atoms with Crippen LogP contribution in [0.4, 0.5) is 53.5 Å². The maximum atomic E-state index is 5.78. The molecule has 0 spiro atoms. The Labute approximate surface area is 188 Å². The second kappa shape index (κ2) is 11.0. The lowest BCUT2D eigenvalue weighted by atomic mass is 10.6. The number of nitrogen functional groups attached to an aromatic ring is 3. The molecule has 0 saturated carbocycles. The summed E-state index contributed by atoms with van der Waals surface area (Å²) in [5.74, 6) is 2.36. The van der Waals surface area contributed by atoms with Crippen LogP contribution >= 0.6 is 0 Å². The molecule has 3 aromatic heterocycles. The molecule has 0 aliphatic heterocycles. The van der Waals surface area contributed by atoms with Crippen LogP contribution in [0.3, 0.4) is 0 Å². The molecule has 12 N–H and O–H groups in total. The van der Waals surface area contributed by atoms with Crippen molar-refractivity contribution >= 4 is 53.5 Å². The molecule has 18 heteroatoms. The van der Waals surface area contributed by atoms with Gasteiger partial charge >= 0.3 is 0 Å². The van der Waals surface area contributed by atoms with Crippen molar-refractivity contribution in [1.82, 2.24) is 44.9 Å². The Kier molecular flexibility index (Phi) is 7.65. The predicted octanol–water partition coefficient (Wildman–Crippen LogP) is -1.88. The van der Waals surface area contributed by atoms with Crippen LogP contribution in [-0.4, -0.2) is 85.1 Å². The van der Waals surface area contributed by atoms with Crippen LogP contribution in [0.2, 0.25) is 0 Å². The largest absolute Gasteiger partial charge is 0.368 e. The first kappa shape index (κ1) is 22.9. The van der Waals surface area contributed by atoms with Crippen molar-refractivity contribution in [3.8, 4) is 0 Å². The summed E-state index contributed by atoms with van der Waals surface area (Å²) < 4.78 is 0. The Hall–Kier alpha value is -4.77. The lowest BCUT2D eigenvalue weighted by Gasteiger charge is -2.10. The summed E-state index contributed by atoms with van der Waals surface area (Å²) in [6, 6.07) is 0. The SMILES string of the molecule is CNc1nc(N)nc(NCCNc2nc(N)nc(NCCNc3nc(N)nc(NC)n3)n2)n1. The normalized spacial score (nSPS) is 10.4. The first-order valence-corrected chi connectivity index (χ1v) is 9.81. The second-order valence-electron chi connectivity index (χ2n) is 6.23. The van der Waals surface area contributed by atoms with Crippen molar-refractivity contribution in [2.24, 2.45) is 0 Å². The van der Waals surface area contributed by atoms with E-state index in [1.165, 1.54) is 0 Å². The van der Waals surface area contributed by atoms with Crippen molar-refractivity contribution in [2.45, 2.75) is 0 Å². The molecule has 3 heterocycles. The van der Waals surface area contributed by atoms with Crippen molar-refractivity contribution in [3.05, 3.63) is 0 Å². The Morgan fingerprint density at radius 1 is 0.424 bits per heavy atom. The maximum Gasteiger partial charge on any atom is 0.229 e. The van der Waals surface area contributed by atoms with E-state index in [1.807, 2.05) is 0 Å². The Morgan fingerprint density at radius 3 is 0.939 bits per heavy atom. The van der Waals surface area contributed by atoms with E-state index < -0.39 is 0 Å². The first-order valence-electron chi connectivity index (χ1n) is 9.81. The predicted molar refractivity (Wildman–Crippen MR) is 126 cm³/mol. The Bertz CT molecular complexity index is 977. The summed E-state index contributed by atoms with van der Waals surface area (Å²) in [6.07, 6.45) is 0. The van der Waals surface area contributed by atoms with Crippen molar-refractivity contribution in [2.75, 3.05) is 89.4 Å². The molecule has 176 valence electrons. The molecule has 0 aliphatic carbocycles.